The van der Waals surface area contributed by atoms with Gasteiger partial charge in [0.05, 0.1) is 11.8 Å². The third kappa shape index (κ3) is 7.88. The van der Waals surface area contributed by atoms with Crippen LogP contribution in [0.3, 0.4) is 0 Å². The maximum atomic E-state index is 13.6. The number of benzene rings is 2. The number of hydrogen-bond acceptors (Lipinski definition) is 6. The molecule has 0 aliphatic carbocycles. The van der Waals surface area contributed by atoms with Crippen molar-refractivity contribution in [2.45, 2.75) is 51.8 Å². The second-order valence-electron chi connectivity index (χ2n) is 9.47. The fourth-order valence-corrected chi connectivity index (χ4v) is 6.40. The quantitative estimate of drug-likeness (QED) is 0.231. The molecule has 0 unspecified atom stereocenters. The molecule has 0 aliphatic heterocycles. The van der Waals surface area contributed by atoms with E-state index >= 15 is 0 Å². The van der Waals surface area contributed by atoms with E-state index in [4.69, 9.17) is 0 Å². The molecule has 10 heteroatoms. The van der Waals surface area contributed by atoms with E-state index in [0.29, 0.717) is 34.4 Å². The van der Waals surface area contributed by atoms with E-state index in [2.05, 4.69) is 4.72 Å². The van der Waals surface area contributed by atoms with Crippen molar-refractivity contribution in [3.63, 3.8) is 0 Å². The zero-order valence-corrected chi connectivity index (χ0v) is 24.3. The van der Waals surface area contributed by atoms with Crippen LogP contribution >= 0.6 is 0 Å². The maximum Gasteiger partial charge on any atom is 0.250 e. The van der Waals surface area contributed by atoms with Crippen molar-refractivity contribution in [3.05, 3.63) is 93.2 Å². The number of ketones is 1. The average molecular weight is 575 g/mol. The normalized spacial score (nSPS) is 13.3. The Labute approximate surface area is 232 Å². The maximum absolute atomic E-state index is 13.6. The monoisotopic (exact) mass is 574 g/mol. The van der Waals surface area contributed by atoms with Gasteiger partial charge in [0.2, 0.25) is 0 Å². The summed E-state index contributed by atoms with van der Waals surface area (Å²) in [6.45, 7) is 5.49. The van der Waals surface area contributed by atoms with Gasteiger partial charge in [0.25, 0.3) is 5.56 Å². The Morgan fingerprint density at radius 3 is 2.38 bits per heavy atom. The molecule has 210 valence electrons. The van der Waals surface area contributed by atoms with Gasteiger partial charge in [-0.05, 0) is 59.9 Å². The van der Waals surface area contributed by atoms with E-state index in [1.165, 1.54) is 34.9 Å². The van der Waals surface area contributed by atoms with Gasteiger partial charge >= 0.3 is 0 Å². The van der Waals surface area contributed by atoms with Crippen molar-refractivity contribution in [1.82, 2.24) is 9.29 Å². The van der Waals surface area contributed by atoms with Crippen LogP contribution in [0, 0.1) is 5.82 Å². The zero-order chi connectivity index (χ0) is 28.7. The highest BCUT2D eigenvalue weighted by atomic mass is 32.2. The number of unbranched alkanes of at least 4 members (excludes halogenated alkanes) is 1. The molecular weight excluding hydrogens is 539 g/mol. The van der Waals surface area contributed by atoms with Crippen LogP contribution < -0.4 is 10.3 Å². The number of halogens is 1. The number of sulfone groups is 1. The minimum atomic E-state index is -3.37. The third-order valence-electron chi connectivity index (χ3n) is 6.55. The molecule has 7 nitrogen and oxygen atoms in total. The fourth-order valence-electron chi connectivity index (χ4n) is 4.23. The molecule has 1 N–H and O–H groups in total. The lowest BCUT2D eigenvalue weighted by Gasteiger charge is -2.23. The van der Waals surface area contributed by atoms with Gasteiger partial charge in [-0.1, -0.05) is 39.3 Å². The molecule has 0 aliphatic rings. The van der Waals surface area contributed by atoms with E-state index in [1.807, 2.05) is 13.8 Å². The van der Waals surface area contributed by atoms with Crippen LogP contribution in [0.5, 0.6) is 0 Å². The first-order valence-electron chi connectivity index (χ1n) is 13.0. The predicted octanol–water partition coefficient (Wildman–Crippen LogP) is 4.86. The number of aryl methyl sites for hydroxylation is 1. The molecular formula is C29H35FN2O5S2. The summed E-state index contributed by atoms with van der Waals surface area (Å²) in [5, 5.41) is 0. The van der Waals surface area contributed by atoms with Crippen molar-refractivity contribution in [3.8, 4) is 11.1 Å². The molecule has 1 aromatic heterocycles. The summed E-state index contributed by atoms with van der Waals surface area (Å²) < 4.78 is 55.7. The largest absolute Gasteiger partial charge is 0.598 e. The van der Waals surface area contributed by atoms with Crippen molar-refractivity contribution in [1.29, 1.82) is 0 Å². The van der Waals surface area contributed by atoms with Crippen LogP contribution in [0.2, 0.25) is 0 Å². The molecule has 39 heavy (non-hydrogen) atoms. The second kappa shape index (κ2) is 13.5. The number of nitrogens with one attached hydrogen (secondary N) is 1. The summed E-state index contributed by atoms with van der Waals surface area (Å²) in [5.74, 6) is -0.623. The summed E-state index contributed by atoms with van der Waals surface area (Å²) in [5.41, 5.74) is 2.32. The molecule has 2 atom stereocenters. The number of rotatable bonds is 13. The standard InChI is InChI=1S/C29H35FN2O5S2/c1-5-8-15-38(35)31-27(6-2)25-17-28(33)32(4)18-26(25)24-16-20(19-39(36,37)7-3)9-14-23(24)29(34)21-10-12-22(30)13-11-21/h9-14,16-18,27,31H,5-8,15,19H2,1-4H3/t27-,38-/m0/s1. The summed E-state index contributed by atoms with van der Waals surface area (Å²) in [4.78, 5) is 26.4. The molecule has 0 spiro atoms. The van der Waals surface area contributed by atoms with Crippen LogP contribution in [0.1, 0.15) is 73.1 Å². The molecule has 3 rings (SSSR count). The van der Waals surface area contributed by atoms with E-state index in [-0.39, 0.29) is 34.0 Å². The van der Waals surface area contributed by atoms with Crippen LogP contribution in [-0.4, -0.2) is 34.8 Å². The lowest BCUT2D eigenvalue weighted by atomic mass is 9.89. The first-order chi connectivity index (χ1) is 18.5. The lowest BCUT2D eigenvalue weighted by molar-refractivity contribution is 0.103. The summed E-state index contributed by atoms with van der Waals surface area (Å²) in [7, 11) is -1.77. The molecule has 0 bridgehead atoms. The minimum absolute atomic E-state index is 0.0327. The SMILES string of the molecule is CCCC[S@+]([O-])N[C@@H](CC)c1cc(=O)n(C)cc1-c1cc(CS(=O)(=O)CC)ccc1C(=O)c1ccc(F)cc1. The van der Waals surface area contributed by atoms with Gasteiger partial charge in [0.15, 0.2) is 15.6 Å². The van der Waals surface area contributed by atoms with Crippen molar-refractivity contribution in [2.75, 3.05) is 11.5 Å². The van der Waals surface area contributed by atoms with Crippen LogP contribution in [0.4, 0.5) is 4.39 Å². The van der Waals surface area contributed by atoms with Crippen LogP contribution in [0.15, 0.2) is 59.5 Å². The predicted molar refractivity (Wildman–Crippen MR) is 154 cm³/mol. The molecule has 0 saturated heterocycles. The highest BCUT2D eigenvalue weighted by Crippen LogP contribution is 2.34. The Hall–Kier alpha value is -2.79. The first kappa shape index (κ1) is 30.7. The van der Waals surface area contributed by atoms with Gasteiger partial charge in [0.1, 0.15) is 11.6 Å². The summed E-state index contributed by atoms with van der Waals surface area (Å²) in [6.07, 6.45) is 3.81. The molecule has 0 amide bonds. The van der Waals surface area contributed by atoms with Gasteiger partial charge in [0, 0.05) is 53.1 Å². The Kier molecular flexibility index (Phi) is 10.7. The van der Waals surface area contributed by atoms with Gasteiger partial charge in [-0.15, -0.1) is 4.72 Å². The van der Waals surface area contributed by atoms with E-state index < -0.39 is 33.1 Å². The first-order valence-corrected chi connectivity index (χ1v) is 16.1. The highest BCUT2D eigenvalue weighted by Gasteiger charge is 2.25. The second-order valence-corrected chi connectivity index (χ2v) is 13.2. The number of hydrogen-bond donors (Lipinski definition) is 1. The van der Waals surface area contributed by atoms with Crippen molar-refractivity contribution < 1.29 is 22.2 Å². The average Bonchev–Trinajstić information content (AvgIpc) is 2.91. The minimum Gasteiger partial charge on any atom is -0.598 e. The van der Waals surface area contributed by atoms with E-state index in [0.717, 1.165) is 12.8 Å². The number of carbonyl (C=O) groups is 1. The summed E-state index contributed by atoms with van der Waals surface area (Å²) in [6, 6.07) is 11.0. The zero-order valence-electron chi connectivity index (χ0n) is 22.7. The topological polar surface area (TPSA) is 108 Å². The molecule has 0 fully saturated rings. The molecule has 2 aromatic carbocycles. The van der Waals surface area contributed by atoms with Gasteiger partial charge in [-0.2, -0.15) is 0 Å². The van der Waals surface area contributed by atoms with Crippen LogP contribution in [-0.2, 0) is 34.0 Å². The van der Waals surface area contributed by atoms with E-state index in [1.54, 1.807) is 38.4 Å². The van der Waals surface area contributed by atoms with Crippen LogP contribution in [0.25, 0.3) is 11.1 Å². The third-order valence-corrected chi connectivity index (χ3v) is 9.41. The molecule has 0 radical (unpaired) electrons. The lowest BCUT2D eigenvalue weighted by Crippen LogP contribution is -2.32. The van der Waals surface area contributed by atoms with Gasteiger partial charge in [-0.3, -0.25) is 9.59 Å². The Morgan fingerprint density at radius 2 is 1.77 bits per heavy atom. The van der Waals surface area contributed by atoms with E-state index in [9.17, 15) is 27.0 Å². The number of nitrogens with zero attached hydrogens (tertiary/aromatic N) is 1. The van der Waals surface area contributed by atoms with Crippen molar-refractivity contribution >= 4 is 27.0 Å². The smallest absolute Gasteiger partial charge is 0.250 e. The Bertz CT molecular complexity index is 1470. The number of aromatic nitrogens is 1. The van der Waals surface area contributed by atoms with Crippen molar-refractivity contribution in [2.24, 2.45) is 7.05 Å². The molecule has 0 saturated carbocycles. The number of pyridine rings is 1. The van der Waals surface area contributed by atoms with Gasteiger partial charge in [-0.25, -0.2) is 12.8 Å². The highest BCUT2D eigenvalue weighted by molar-refractivity contribution is 7.90. The Balaban J connectivity index is 2.24. The van der Waals surface area contributed by atoms with Gasteiger partial charge < -0.3 is 9.12 Å². The summed E-state index contributed by atoms with van der Waals surface area (Å²) >= 11 is -1.33. The Morgan fingerprint density at radius 1 is 1.08 bits per heavy atom. The molecule has 1 heterocycles. The molecule has 3 aromatic rings. The number of carbonyl (C=O) groups excluding carboxylic acids is 1. The fraction of sp³-hybridized carbons (Fsp3) is 0.379.